The van der Waals surface area contributed by atoms with Gasteiger partial charge in [0, 0.05) is 28.8 Å². The monoisotopic (exact) mass is 358 g/mol. The second-order valence-corrected chi connectivity index (χ2v) is 6.44. The molecule has 1 aliphatic rings. The van der Waals surface area contributed by atoms with Crippen molar-refractivity contribution in [3.8, 4) is 5.75 Å². The van der Waals surface area contributed by atoms with Gasteiger partial charge in [-0.05, 0) is 55.2 Å². The molecule has 5 nitrogen and oxygen atoms in total. The van der Waals surface area contributed by atoms with Gasteiger partial charge in [0.2, 0.25) is 5.91 Å². The molecule has 2 amide bonds. The molecule has 1 heterocycles. The fraction of sp³-hybridized carbons (Fsp3) is 0.263. The molecule has 0 aliphatic carbocycles. The first kappa shape index (κ1) is 17.3. The van der Waals surface area contributed by atoms with Crippen LogP contribution in [-0.4, -0.2) is 18.9 Å². The number of hydrogen-bond acceptors (Lipinski definition) is 3. The highest BCUT2D eigenvalue weighted by molar-refractivity contribution is 6.31. The van der Waals surface area contributed by atoms with Gasteiger partial charge in [-0.3, -0.25) is 9.59 Å². The van der Waals surface area contributed by atoms with Gasteiger partial charge in [0.25, 0.3) is 5.91 Å². The van der Waals surface area contributed by atoms with E-state index in [2.05, 4.69) is 10.6 Å². The molecule has 3 rings (SSSR count). The number of fused-ring (bicyclic) bond motifs is 1. The second kappa shape index (κ2) is 7.15. The number of amides is 2. The van der Waals surface area contributed by atoms with Crippen molar-refractivity contribution in [1.29, 1.82) is 0 Å². The lowest BCUT2D eigenvalue weighted by molar-refractivity contribution is -0.116. The Morgan fingerprint density at radius 2 is 2.04 bits per heavy atom. The van der Waals surface area contributed by atoms with Crippen LogP contribution in [0.3, 0.4) is 0 Å². The van der Waals surface area contributed by atoms with Gasteiger partial charge in [0.05, 0.1) is 12.8 Å². The van der Waals surface area contributed by atoms with Crippen molar-refractivity contribution < 1.29 is 14.3 Å². The fourth-order valence-corrected chi connectivity index (χ4v) is 2.99. The highest BCUT2D eigenvalue weighted by Gasteiger charge is 2.16. The van der Waals surface area contributed by atoms with E-state index in [1.54, 1.807) is 24.3 Å². The third-order valence-electron chi connectivity index (χ3n) is 4.22. The first-order chi connectivity index (χ1) is 12.0. The molecule has 0 radical (unpaired) electrons. The topological polar surface area (TPSA) is 67.4 Å². The molecule has 25 heavy (non-hydrogen) atoms. The predicted molar refractivity (Wildman–Crippen MR) is 98.7 cm³/mol. The molecule has 1 aliphatic heterocycles. The molecule has 0 atom stereocenters. The Labute approximate surface area is 151 Å². The first-order valence-corrected chi connectivity index (χ1v) is 8.44. The molecular weight excluding hydrogens is 340 g/mol. The van der Waals surface area contributed by atoms with Gasteiger partial charge in [0.15, 0.2) is 0 Å². The Hall–Kier alpha value is -2.53. The summed E-state index contributed by atoms with van der Waals surface area (Å²) in [6, 6.07) is 8.76. The van der Waals surface area contributed by atoms with Crippen LogP contribution < -0.4 is 15.4 Å². The van der Waals surface area contributed by atoms with Crippen LogP contribution in [0.2, 0.25) is 5.02 Å². The minimum Gasteiger partial charge on any atom is -0.495 e. The number of anilines is 2. The van der Waals surface area contributed by atoms with Gasteiger partial charge < -0.3 is 15.4 Å². The van der Waals surface area contributed by atoms with Gasteiger partial charge >= 0.3 is 0 Å². The van der Waals surface area contributed by atoms with E-state index in [1.807, 2.05) is 13.0 Å². The second-order valence-electron chi connectivity index (χ2n) is 6.03. The molecule has 0 aromatic heterocycles. The molecule has 0 saturated heterocycles. The number of carbonyl (C=O) groups excluding carboxylic acids is 2. The van der Waals surface area contributed by atoms with Crippen molar-refractivity contribution in [1.82, 2.24) is 0 Å². The van der Waals surface area contributed by atoms with Gasteiger partial charge in [-0.1, -0.05) is 11.6 Å². The fourth-order valence-electron chi connectivity index (χ4n) is 2.84. The number of methoxy groups -OCH3 is 1. The molecule has 0 fully saturated rings. The van der Waals surface area contributed by atoms with E-state index in [0.29, 0.717) is 28.4 Å². The quantitative estimate of drug-likeness (QED) is 0.864. The van der Waals surface area contributed by atoms with Crippen LogP contribution in [-0.2, 0) is 11.2 Å². The number of ether oxygens (including phenoxy) is 1. The molecule has 0 spiro atoms. The first-order valence-electron chi connectivity index (χ1n) is 8.06. The lowest BCUT2D eigenvalue weighted by Gasteiger charge is -2.13. The van der Waals surface area contributed by atoms with E-state index >= 15 is 0 Å². The summed E-state index contributed by atoms with van der Waals surface area (Å²) < 4.78 is 5.29. The number of hydrogen-bond donors (Lipinski definition) is 2. The molecule has 2 aromatic rings. The van der Waals surface area contributed by atoms with Crippen LogP contribution in [0, 0.1) is 6.92 Å². The van der Waals surface area contributed by atoms with Crippen LogP contribution in [0.25, 0.3) is 0 Å². The summed E-state index contributed by atoms with van der Waals surface area (Å²) in [6.07, 6.45) is 2.03. The lowest BCUT2D eigenvalue weighted by Crippen LogP contribution is -2.14. The third-order valence-corrected chi connectivity index (χ3v) is 4.63. The zero-order valence-electron chi connectivity index (χ0n) is 14.1. The van der Waals surface area contributed by atoms with Crippen LogP contribution in [0.4, 0.5) is 11.4 Å². The van der Waals surface area contributed by atoms with Crippen molar-refractivity contribution in [3.63, 3.8) is 0 Å². The maximum absolute atomic E-state index is 12.6. The van der Waals surface area contributed by atoms with E-state index in [4.69, 9.17) is 16.3 Å². The highest BCUT2D eigenvalue weighted by atomic mass is 35.5. The highest BCUT2D eigenvalue weighted by Crippen LogP contribution is 2.31. The average molecular weight is 359 g/mol. The van der Waals surface area contributed by atoms with Gasteiger partial charge in [-0.15, -0.1) is 0 Å². The predicted octanol–water partition coefficient (Wildman–Crippen LogP) is 4.18. The summed E-state index contributed by atoms with van der Waals surface area (Å²) in [5.74, 6) is 0.279. The SMILES string of the molecule is COc1cc(Cl)c(C)cc1NC(=O)c1ccc2c(c1)CCCC(=O)N2. The Morgan fingerprint density at radius 3 is 2.80 bits per heavy atom. The minimum atomic E-state index is -0.238. The molecule has 2 aromatic carbocycles. The smallest absolute Gasteiger partial charge is 0.255 e. The van der Waals surface area contributed by atoms with Crippen molar-refractivity contribution in [2.45, 2.75) is 26.2 Å². The van der Waals surface area contributed by atoms with Crippen LogP contribution in [0.1, 0.15) is 34.3 Å². The molecule has 0 bridgehead atoms. The third kappa shape index (κ3) is 3.77. The van der Waals surface area contributed by atoms with Crippen LogP contribution in [0.5, 0.6) is 5.75 Å². The van der Waals surface area contributed by atoms with Crippen molar-refractivity contribution in [2.75, 3.05) is 17.7 Å². The van der Waals surface area contributed by atoms with E-state index in [1.165, 1.54) is 7.11 Å². The number of nitrogens with one attached hydrogen (secondary N) is 2. The number of halogens is 1. The molecule has 2 N–H and O–H groups in total. The molecule has 0 unspecified atom stereocenters. The van der Waals surface area contributed by atoms with Crippen molar-refractivity contribution in [2.24, 2.45) is 0 Å². The Balaban J connectivity index is 1.86. The maximum atomic E-state index is 12.6. The summed E-state index contributed by atoms with van der Waals surface area (Å²) >= 11 is 6.10. The lowest BCUT2D eigenvalue weighted by atomic mass is 10.0. The van der Waals surface area contributed by atoms with E-state index in [9.17, 15) is 9.59 Å². The van der Waals surface area contributed by atoms with Crippen LogP contribution in [0.15, 0.2) is 30.3 Å². The molecular formula is C19H19ClN2O3. The zero-order chi connectivity index (χ0) is 18.0. The zero-order valence-corrected chi connectivity index (χ0v) is 14.9. The van der Waals surface area contributed by atoms with E-state index < -0.39 is 0 Å². The number of benzene rings is 2. The Morgan fingerprint density at radius 1 is 1.24 bits per heavy atom. The summed E-state index contributed by atoms with van der Waals surface area (Å²) in [5, 5.41) is 6.31. The van der Waals surface area contributed by atoms with Gasteiger partial charge in [-0.25, -0.2) is 0 Å². The van der Waals surface area contributed by atoms with Gasteiger partial charge in [0.1, 0.15) is 5.75 Å². The molecule has 0 saturated carbocycles. The van der Waals surface area contributed by atoms with E-state index in [-0.39, 0.29) is 11.8 Å². The number of aryl methyl sites for hydroxylation is 2. The Bertz CT molecular complexity index is 849. The normalized spacial score (nSPS) is 13.5. The van der Waals surface area contributed by atoms with Crippen molar-refractivity contribution in [3.05, 3.63) is 52.0 Å². The van der Waals surface area contributed by atoms with Crippen LogP contribution >= 0.6 is 11.6 Å². The molecule has 6 heteroatoms. The van der Waals surface area contributed by atoms with E-state index in [0.717, 1.165) is 29.7 Å². The summed E-state index contributed by atoms with van der Waals surface area (Å²) in [5.41, 5.74) is 3.70. The van der Waals surface area contributed by atoms with Gasteiger partial charge in [-0.2, -0.15) is 0 Å². The number of rotatable bonds is 3. The summed E-state index contributed by atoms with van der Waals surface area (Å²) in [6.45, 7) is 1.86. The Kier molecular flexibility index (Phi) is 4.95. The maximum Gasteiger partial charge on any atom is 0.255 e. The largest absolute Gasteiger partial charge is 0.495 e. The summed E-state index contributed by atoms with van der Waals surface area (Å²) in [4.78, 5) is 24.2. The standard InChI is InChI=1S/C19H19ClN2O3/c1-11-8-16(17(25-2)10-14(11)20)22-19(24)13-6-7-15-12(9-13)4-3-5-18(23)21-15/h6-10H,3-5H2,1-2H3,(H,21,23)(H,22,24). The summed E-state index contributed by atoms with van der Waals surface area (Å²) in [7, 11) is 1.53. The average Bonchev–Trinajstić information content (AvgIpc) is 2.77. The van der Waals surface area contributed by atoms with Crippen molar-refractivity contribution >= 4 is 34.8 Å². The minimum absolute atomic E-state index is 0.0114. The molecule has 130 valence electrons. The number of carbonyl (C=O) groups is 2.